The van der Waals surface area contributed by atoms with E-state index in [1.165, 1.54) is 0 Å². The molecule has 6 rings (SSSR count). The van der Waals surface area contributed by atoms with Crippen LogP contribution in [-0.4, -0.2) is 84.5 Å². The van der Waals surface area contributed by atoms with Crippen LogP contribution in [0.2, 0.25) is 10.3 Å². The Kier molecular flexibility index (Phi) is 5.79. The van der Waals surface area contributed by atoms with Crippen LogP contribution in [0.15, 0.2) is 48.8 Å². The van der Waals surface area contributed by atoms with Crippen molar-refractivity contribution >= 4 is 46.5 Å². The van der Waals surface area contributed by atoms with Gasteiger partial charge in [0.15, 0.2) is 11.2 Å². The summed E-state index contributed by atoms with van der Waals surface area (Å²) in [6.07, 6.45) is 5.70. The molecule has 0 bridgehead atoms. The Morgan fingerprint density at radius 2 is 1.28 bits per heavy atom. The van der Waals surface area contributed by atoms with E-state index in [0.717, 1.165) is 23.5 Å². The van der Waals surface area contributed by atoms with Gasteiger partial charge in [0.2, 0.25) is 0 Å². The van der Waals surface area contributed by atoms with E-state index in [9.17, 15) is 9.59 Å². The third-order valence-electron chi connectivity index (χ3n) is 7.42. The van der Waals surface area contributed by atoms with Crippen molar-refractivity contribution in [2.24, 2.45) is 0 Å². The number of anilines is 2. The maximum atomic E-state index is 12.6. The minimum Gasteiger partial charge on any atom is -0.450 e. The molecular weight excluding hydrogens is 507 g/mol. The summed E-state index contributed by atoms with van der Waals surface area (Å²) in [5.74, 6) is -1.15. The molecule has 0 aromatic carbocycles. The van der Waals surface area contributed by atoms with Gasteiger partial charge in [-0.2, -0.15) is 0 Å². The number of halogens is 2. The highest BCUT2D eigenvalue weighted by molar-refractivity contribution is 6.29. The minimum absolute atomic E-state index is 0.0164. The molecule has 2 aromatic heterocycles. The number of carbonyl (C=O) groups excluding carboxylic acids is 2. The van der Waals surface area contributed by atoms with E-state index in [1.54, 1.807) is 24.5 Å². The molecule has 4 aliphatic heterocycles. The molecule has 0 spiro atoms. The number of hydrogen-bond donors (Lipinski definition) is 2. The van der Waals surface area contributed by atoms with Crippen LogP contribution < -0.4 is 20.4 Å². The van der Waals surface area contributed by atoms with Gasteiger partial charge in [0.25, 0.3) is 0 Å². The molecule has 0 saturated carbocycles. The number of nitrogens with one attached hydrogen (secondary N) is 2. The molecule has 0 amide bonds. The number of rotatable bonds is 6. The summed E-state index contributed by atoms with van der Waals surface area (Å²) in [6, 6.07) is 7.22. The predicted octanol–water partition coefficient (Wildman–Crippen LogP) is 1.19. The van der Waals surface area contributed by atoms with E-state index in [4.69, 9.17) is 32.7 Å². The SMILES string of the molecule is O=C(/C=C/C(=O)O[C@@]12CNC[C@H]1N(c1ccc(Cl)nc1)C2)O[C@@]12CNC[C@H]1N(c1ccc(Cl)nc1)C2. The maximum absolute atomic E-state index is 12.6. The first-order chi connectivity index (χ1) is 17.4. The number of fused-ring (bicyclic) bond motifs is 2. The van der Waals surface area contributed by atoms with Gasteiger partial charge in [0.1, 0.15) is 10.3 Å². The number of hydrogen-bond acceptors (Lipinski definition) is 10. The average molecular weight is 531 g/mol. The van der Waals surface area contributed by atoms with Gasteiger partial charge in [0.05, 0.1) is 48.9 Å². The Hall–Kier alpha value is -2.92. The third kappa shape index (κ3) is 3.98. The molecule has 188 valence electrons. The van der Waals surface area contributed by atoms with Gasteiger partial charge in [-0.1, -0.05) is 23.2 Å². The lowest BCUT2D eigenvalue weighted by Crippen LogP contribution is -2.71. The molecule has 0 aliphatic carbocycles. The van der Waals surface area contributed by atoms with E-state index < -0.39 is 23.1 Å². The summed E-state index contributed by atoms with van der Waals surface area (Å²) in [5.41, 5.74) is 0.541. The van der Waals surface area contributed by atoms with Crippen molar-refractivity contribution in [1.82, 2.24) is 20.6 Å². The fourth-order valence-electron chi connectivity index (χ4n) is 5.63. The molecule has 12 heteroatoms. The lowest BCUT2D eigenvalue weighted by molar-refractivity contribution is -0.160. The number of esters is 2. The molecule has 4 saturated heterocycles. The number of pyridine rings is 2. The Balaban J connectivity index is 1.05. The van der Waals surface area contributed by atoms with Crippen molar-refractivity contribution in [3.05, 3.63) is 59.1 Å². The van der Waals surface area contributed by atoms with Crippen molar-refractivity contribution < 1.29 is 19.1 Å². The quantitative estimate of drug-likeness (QED) is 0.321. The van der Waals surface area contributed by atoms with Crippen LogP contribution in [0.4, 0.5) is 11.4 Å². The van der Waals surface area contributed by atoms with Crippen LogP contribution in [0.25, 0.3) is 0 Å². The fourth-order valence-corrected chi connectivity index (χ4v) is 5.85. The van der Waals surface area contributed by atoms with Crippen molar-refractivity contribution in [3.8, 4) is 0 Å². The van der Waals surface area contributed by atoms with Crippen LogP contribution >= 0.6 is 23.2 Å². The Morgan fingerprint density at radius 1 is 0.833 bits per heavy atom. The average Bonchev–Trinajstić information content (AvgIpc) is 3.32. The zero-order chi connectivity index (χ0) is 24.9. The lowest BCUT2D eigenvalue weighted by Gasteiger charge is -2.53. The van der Waals surface area contributed by atoms with Gasteiger partial charge in [-0.15, -0.1) is 0 Å². The first kappa shape index (κ1) is 23.5. The smallest absolute Gasteiger partial charge is 0.331 e. The summed E-state index contributed by atoms with van der Waals surface area (Å²) in [4.78, 5) is 37.7. The third-order valence-corrected chi connectivity index (χ3v) is 7.86. The normalized spacial score (nSPS) is 30.4. The molecule has 4 atom stereocenters. The van der Waals surface area contributed by atoms with Gasteiger partial charge in [-0.05, 0) is 24.3 Å². The van der Waals surface area contributed by atoms with Gasteiger partial charge in [0, 0.05) is 38.3 Å². The highest BCUT2D eigenvalue weighted by Crippen LogP contribution is 2.41. The summed E-state index contributed by atoms with van der Waals surface area (Å²) in [7, 11) is 0. The highest BCUT2D eigenvalue weighted by atomic mass is 35.5. The fraction of sp³-hybridized carbons (Fsp3) is 0.417. The van der Waals surface area contributed by atoms with Crippen LogP contribution in [0.1, 0.15) is 0 Å². The maximum Gasteiger partial charge on any atom is 0.331 e. The Labute approximate surface area is 217 Å². The Bertz CT molecular complexity index is 1120. The molecule has 0 radical (unpaired) electrons. The number of carbonyl (C=O) groups is 2. The van der Waals surface area contributed by atoms with Gasteiger partial charge in [-0.25, -0.2) is 19.6 Å². The molecule has 2 aromatic rings. The van der Waals surface area contributed by atoms with E-state index in [2.05, 4.69) is 30.4 Å². The number of ether oxygens (including phenoxy) is 2. The first-order valence-corrected chi connectivity index (χ1v) is 12.4. The molecule has 6 heterocycles. The summed E-state index contributed by atoms with van der Waals surface area (Å²) in [6.45, 7) is 3.51. The van der Waals surface area contributed by atoms with E-state index in [0.29, 0.717) is 49.6 Å². The van der Waals surface area contributed by atoms with Crippen molar-refractivity contribution in [2.45, 2.75) is 23.3 Å². The van der Waals surface area contributed by atoms with Crippen LogP contribution in [0.5, 0.6) is 0 Å². The van der Waals surface area contributed by atoms with Gasteiger partial charge < -0.3 is 29.9 Å². The van der Waals surface area contributed by atoms with Crippen LogP contribution in [-0.2, 0) is 19.1 Å². The lowest BCUT2D eigenvalue weighted by atomic mass is 9.85. The van der Waals surface area contributed by atoms with Crippen molar-refractivity contribution in [1.29, 1.82) is 0 Å². The van der Waals surface area contributed by atoms with E-state index >= 15 is 0 Å². The van der Waals surface area contributed by atoms with Crippen LogP contribution in [0, 0.1) is 0 Å². The van der Waals surface area contributed by atoms with Gasteiger partial charge in [-0.3, -0.25) is 0 Å². The molecule has 10 nitrogen and oxygen atoms in total. The summed E-state index contributed by atoms with van der Waals surface area (Å²) >= 11 is 11.8. The second kappa shape index (κ2) is 8.88. The monoisotopic (exact) mass is 530 g/mol. The molecule has 4 aliphatic rings. The zero-order valence-corrected chi connectivity index (χ0v) is 20.7. The molecule has 2 N–H and O–H groups in total. The standard InChI is InChI=1S/C24H24Cl2N6O4/c25-19-3-1-15(7-29-19)31-13-23(11-27-9-17(23)31)35-21(33)5-6-22(34)36-24-12-28-10-18(24)32(14-24)16-2-4-20(26)30-8-16/h1-8,17-18,27-28H,9-14H2/b6-5+/t17-,18-,23-,24-/m1/s1. The first-order valence-electron chi connectivity index (χ1n) is 11.7. The topological polar surface area (TPSA) is 109 Å². The van der Waals surface area contributed by atoms with E-state index in [-0.39, 0.29) is 12.1 Å². The van der Waals surface area contributed by atoms with Crippen molar-refractivity contribution in [2.75, 3.05) is 49.1 Å². The molecular formula is C24H24Cl2N6O4. The summed E-state index contributed by atoms with van der Waals surface area (Å²) in [5, 5.41) is 7.43. The second-order valence-corrected chi connectivity index (χ2v) is 10.3. The molecule has 4 fully saturated rings. The zero-order valence-electron chi connectivity index (χ0n) is 19.2. The van der Waals surface area contributed by atoms with Crippen LogP contribution in [0.3, 0.4) is 0 Å². The van der Waals surface area contributed by atoms with E-state index in [1.807, 2.05) is 12.1 Å². The van der Waals surface area contributed by atoms with Crippen molar-refractivity contribution in [3.63, 3.8) is 0 Å². The second-order valence-electron chi connectivity index (χ2n) is 9.53. The highest BCUT2D eigenvalue weighted by Gasteiger charge is 2.60. The molecule has 36 heavy (non-hydrogen) atoms. The van der Waals surface area contributed by atoms with Gasteiger partial charge >= 0.3 is 11.9 Å². The largest absolute Gasteiger partial charge is 0.450 e. The minimum atomic E-state index is -0.648. The number of aromatic nitrogens is 2. The Morgan fingerprint density at radius 3 is 1.67 bits per heavy atom. The predicted molar refractivity (Wildman–Crippen MR) is 133 cm³/mol. The molecule has 0 unspecified atom stereocenters. The summed E-state index contributed by atoms with van der Waals surface area (Å²) < 4.78 is 11.6. The number of nitrogens with zero attached hydrogens (tertiary/aromatic N) is 4.